The smallest absolute Gasteiger partial charge is 0.253 e. The van der Waals surface area contributed by atoms with Crippen molar-refractivity contribution in [1.29, 1.82) is 0 Å². The number of carbonyl (C=O) groups excluding carboxylic acids is 3. The highest BCUT2D eigenvalue weighted by atomic mass is 16.5. The number of ether oxygens (including phenoxy) is 1. The second-order valence-corrected chi connectivity index (χ2v) is 5.62. The Balaban J connectivity index is 1.57. The molecule has 128 valence electrons. The van der Waals surface area contributed by atoms with Gasteiger partial charge < -0.3 is 10.1 Å². The molecule has 2 aromatic rings. The average molecular weight is 339 g/mol. The molecule has 0 bridgehead atoms. The molecular weight excluding hydrogens is 322 g/mol. The van der Waals surface area contributed by atoms with Crippen LogP contribution in [-0.2, 0) is 14.4 Å². The van der Waals surface area contributed by atoms with Gasteiger partial charge in [-0.2, -0.15) is 0 Å². The van der Waals surface area contributed by atoms with Crippen molar-refractivity contribution < 1.29 is 19.1 Å². The van der Waals surface area contributed by atoms with E-state index in [1.807, 2.05) is 30.3 Å². The maximum Gasteiger partial charge on any atom is 0.253 e. The molecule has 7 heteroatoms. The number of hydrogen-bond acceptors (Lipinski definition) is 4. The molecule has 0 radical (unpaired) electrons. The lowest BCUT2D eigenvalue weighted by Crippen LogP contribution is -2.31. The molecule has 1 fully saturated rings. The minimum atomic E-state index is -0.981. The number of anilines is 1. The Bertz CT molecular complexity index is 790. The van der Waals surface area contributed by atoms with Crippen LogP contribution in [0.5, 0.6) is 11.5 Å². The van der Waals surface area contributed by atoms with E-state index in [9.17, 15) is 14.4 Å². The molecule has 1 heterocycles. The SMILES string of the molecule is CN1NC(=O)C(CC(=O)Nc2ccc(Oc3ccccc3)cc2)C1=O. The van der Waals surface area contributed by atoms with Gasteiger partial charge in [0, 0.05) is 19.2 Å². The molecule has 7 nitrogen and oxygen atoms in total. The zero-order valence-corrected chi connectivity index (χ0v) is 13.6. The molecule has 0 spiro atoms. The lowest BCUT2D eigenvalue weighted by molar-refractivity contribution is -0.134. The number of carbonyl (C=O) groups is 3. The van der Waals surface area contributed by atoms with Crippen LogP contribution in [0.3, 0.4) is 0 Å². The fourth-order valence-corrected chi connectivity index (χ4v) is 2.45. The summed E-state index contributed by atoms with van der Waals surface area (Å²) in [5.74, 6) is -0.905. The van der Waals surface area contributed by atoms with E-state index >= 15 is 0 Å². The fraction of sp³-hybridized carbons (Fsp3) is 0.167. The third-order valence-corrected chi connectivity index (χ3v) is 3.73. The summed E-state index contributed by atoms with van der Waals surface area (Å²) < 4.78 is 5.67. The van der Waals surface area contributed by atoms with E-state index in [2.05, 4.69) is 10.7 Å². The van der Waals surface area contributed by atoms with Gasteiger partial charge in [-0.15, -0.1) is 0 Å². The van der Waals surface area contributed by atoms with Crippen molar-refractivity contribution >= 4 is 23.4 Å². The molecular formula is C18H17N3O4. The number of para-hydroxylation sites is 1. The Morgan fingerprint density at radius 2 is 1.72 bits per heavy atom. The third-order valence-electron chi connectivity index (χ3n) is 3.73. The first-order chi connectivity index (χ1) is 12.0. The van der Waals surface area contributed by atoms with Gasteiger partial charge in [0.05, 0.1) is 0 Å². The number of nitrogens with zero attached hydrogens (tertiary/aromatic N) is 1. The molecule has 3 rings (SSSR count). The summed E-state index contributed by atoms with van der Waals surface area (Å²) in [7, 11) is 1.45. The zero-order chi connectivity index (χ0) is 17.8. The first kappa shape index (κ1) is 16.5. The normalized spacial score (nSPS) is 16.5. The van der Waals surface area contributed by atoms with Crippen LogP contribution >= 0.6 is 0 Å². The van der Waals surface area contributed by atoms with Crippen LogP contribution in [0.2, 0.25) is 0 Å². The Morgan fingerprint density at radius 3 is 2.32 bits per heavy atom. The van der Waals surface area contributed by atoms with Crippen molar-refractivity contribution in [2.75, 3.05) is 12.4 Å². The summed E-state index contributed by atoms with van der Waals surface area (Å²) in [5.41, 5.74) is 2.92. The van der Waals surface area contributed by atoms with Gasteiger partial charge in [0.1, 0.15) is 17.4 Å². The Hall–Kier alpha value is -3.35. The van der Waals surface area contributed by atoms with Crippen LogP contribution in [0, 0.1) is 5.92 Å². The van der Waals surface area contributed by atoms with Crippen molar-refractivity contribution in [3.05, 3.63) is 54.6 Å². The van der Waals surface area contributed by atoms with Crippen molar-refractivity contribution in [1.82, 2.24) is 10.4 Å². The lowest BCUT2D eigenvalue weighted by Gasteiger charge is -2.09. The van der Waals surface area contributed by atoms with Crippen molar-refractivity contribution in [2.45, 2.75) is 6.42 Å². The van der Waals surface area contributed by atoms with Crippen LogP contribution in [0.1, 0.15) is 6.42 Å². The molecule has 1 aliphatic heterocycles. The molecule has 1 unspecified atom stereocenters. The van der Waals surface area contributed by atoms with E-state index < -0.39 is 23.6 Å². The molecule has 1 saturated heterocycles. The molecule has 2 aromatic carbocycles. The predicted octanol–water partition coefficient (Wildman–Crippen LogP) is 1.93. The quantitative estimate of drug-likeness (QED) is 0.815. The molecule has 25 heavy (non-hydrogen) atoms. The maximum absolute atomic E-state index is 12.0. The van der Waals surface area contributed by atoms with Crippen LogP contribution in [-0.4, -0.2) is 29.8 Å². The topological polar surface area (TPSA) is 87.7 Å². The summed E-state index contributed by atoms with van der Waals surface area (Å²) in [6, 6.07) is 16.2. The van der Waals surface area contributed by atoms with Crippen LogP contribution < -0.4 is 15.5 Å². The van der Waals surface area contributed by atoms with Gasteiger partial charge in [-0.1, -0.05) is 18.2 Å². The molecule has 3 amide bonds. The van der Waals surface area contributed by atoms with E-state index in [4.69, 9.17) is 4.74 Å². The summed E-state index contributed by atoms with van der Waals surface area (Å²) in [4.78, 5) is 35.4. The summed E-state index contributed by atoms with van der Waals surface area (Å²) in [5, 5.41) is 3.76. The number of hydrazine groups is 1. The summed E-state index contributed by atoms with van der Waals surface area (Å²) >= 11 is 0. The molecule has 0 aromatic heterocycles. The van der Waals surface area contributed by atoms with E-state index in [0.29, 0.717) is 17.2 Å². The number of amides is 3. The number of hydrogen-bond donors (Lipinski definition) is 2. The first-order valence-electron chi connectivity index (χ1n) is 7.74. The Kier molecular flexibility index (Phi) is 4.65. The van der Waals surface area contributed by atoms with E-state index in [0.717, 1.165) is 5.01 Å². The minimum absolute atomic E-state index is 0.197. The summed E-state index contributed by atoms with van der Waals surface area (Å²) in [6.07, 6.45) is -0.197. The Morgan fingerprint density at radius 1 is 1.08 bits per heavy atom. The van der Waals surface area contributed by atoms with E-state index in [1.165, 1.54) is 7.05 Å². The second-order valence-electron chi connectivity index (χ2n) is 5.62. The van der Waals surface area contributed by atoms with Gasteiger partial charge in [-0.25, -0.2) is 0 Å². The van der Waals surface area contributed by atoms with Gasteiger partial charge in [-0.3, -0.25) is 24.8 Å². The van der Waals surface area contributed by atoms with Crippen molar-refractivity contribution in [3.8, 4) is 11.5 Å². The lowest BCUT2D eigenvalue weighted by atomic mass is 10.0. The van der Waals surface area contributed by atoms with Gasteiger partial charge in [0.15, 0.2) is 0 Å². The molecule has 0 saturated carbocycles. The number of nitrogens with one attached hydrogen (secondary N) is 2. The van der Waals surface area contributed by atoms with Crippen LogP contribution in [0.25, 0.3) is 0 Å². The zero-order valence-electron chi connectivity index (χ0n) is 13.6. The predicted molar refractivity (Wildman–Crippen MR) is 90.6 cm³/mol. The van der Waals surface area contributed by atoms with Gasteiger partial charge in [0.25, 0.3) is 11.8 Å². The van der Waals surface area contributed by atoms with Gasteiger partial charge >= 0.3 is 0 Å². The third kappa shape index (κ3) is 3.95. The first-order valence-corrected chi connectivity index (χ1v) is 7.74. The largest absolute Gasteiger partial charge is 0.457 e. The van der Waals surface area contributed by atoms with E-state index in [-0.39, 0.29) is 6.42 Å². The number of rotatable bonds is 5. The minimum Gasteiger partial charge on any atom is -0.457 e. The van der Waals surface area contributed by atoms with Crippen molar-refractivity contribution in [2.24, 2.45) is 5.92 Å². The average Bonchev–Trinajstić information content (AvgIpc) is 2.84. The fourth-order valence-electron chi connectivity index (χ4n) is 2.45. The highest BCUT2D eigenvalue weighted by molar-refractivity contribution is 6.08. The highest BCUT2D eigenvalue weighted by Crippen LogP contribution is 2.23. The Labute approximate surface area is 144 Å². The maximum atomic E-state index is 12.0. The van der Waals surface area contributed by atoms with E-state index in [1.54, 1.807) is 24.3 Å². The van der Waals surface area contributed by atoms with Gasteiger partial charge in [0.2, 0.25) is 5.91 Å². The number of benzene rings is 2. The van der Waals surface area contributed by atoms with Crippen LogP contribution in [0.4, 0.5) is 5.69 Å². The van der Waals surface area contributed by atoms with Gasteiger partial charge in [-0.05, 0) is 36.4 Å². The van der Waals surface area contributed by atoms with Crippen molar-refractivity contribution in [3.63, 3.8) is 0 Å². The monoisotopic (exact) mass is 339 g/mol. The summed E-state index contributed by atoms with van der Waals surface area (Å²) in [6.45, 7) is 0. The molecule has 1 aliphatic rings. The standard InChI is InChI=1S/C18H17N3O4/c1-21-18(24)15(17(23)20-21)11-16(22)19-12-7-9-14(10-8-12)25-13-5-3-2-4-6-13/h2-10,15H,11H2,1H3,(H,19,22)(H,20,23). The molecule has 1 atom stereocenters. The highest BCUT2D eigenvalue weighted by Gasteiger charge is 2.38. The second kappa shape index (κ2) is 7.04. The molecule has 2 N–H and O–H groups in total. The molecule has 0 aliphatic carbocycles. The van der Waals surface area contributed by atoms with Crippen LogP contribution in [0.15, 0.2) is 54.6 Å².